The summed E-state index contributed by atoms with van der Waals surface area (Å²) in [5.41, 5.74) is 0.928. The van der Waals surface area contributed by atoms with Crippen molar-refractivity contribution in [3.63, 3.8) is 0 Å². The van der Waals surface area contributed by atoms with Crippen molar-refractivity contribution in [3.8, 4) is 0 Å². The molecule has 1 aromatic rings. The molecular formula is C21H27FN2O2S. The topological polar surface area (TPSA) is 58.2 Å². The zero-order valence-corrected chi connectivity index (χ0v) is 16.4. The Morgan fingerprint density at radius 2 is 2.07 bits per heavy atom. The van der Waals surface area contributed by atoms with Crippen molar-refractivity contribution < 1.29 is 14.0 Å². The predicted octanol–water partition coefficient (Wildman–Crippen LogP) is 2.91. The molecule has 4 nitrogen and oxygen atoms in total. The van der Waals surface area contributed by atoms with Crippen LogP contribution in [0.1, 0.15) is 38.2 Å². The lowest BCUT2D eigenvalue weighted by molar-refractivity contribution is -0.129. The van der Waals surface area contributed by atoms with Gasteiger partial charge in [-0.15, -0.1) is 11.8 Å². The van der Waals surface area contributed by atoms with Gasteiger partial charge in [-0.3, -0.25) is 9.59 Å². The van der Waals surface area contributed by atoms with E-state index in [2.05, 4.69) is 17.6 Å². The SMILES string of the molecule is C[C@H](NC(=O)[C@@H]1CS[C@H](Cc2ccc(F)cc2)C(=O)N1)[C@@H]1C[C@H]2CC[C@H]1C2. The number of thioether (sulfide) groups is 1. The highest BCUT2D eigenvalue weighted by molar-refractivity contribution is 8.00. The Hall–Kier alpha value is -1.56. The molecule has 6 atom stereocenters. The van der Waals surface area contributed by atoms with Crippen LogP contribution in [-0.2, 0) is 16.0 Å². The number of rotatable bonds is 5. The first-order chi connectivity index (χ1) is 13.0. The maximum absolute atomic E-state index is 13.0. The molecule has 1 aromatic carbocycles. The first-order valence-corrected chi connectivity index (χ1v) is 11.0. The van der Waals surface area contributed by atoms with Gasteiger partial charge in [-0.1, -0.05) is 18.6 Å². The van der Waals surface area contributed by atoms with E-state index >= 15 is 0 Å². The van der Waals surface area contributed by atoms with Crippen LogP contribution in [0.15, 0.2) is 24.3 Å². The molecule has 3 fully saturated rings. The number of halogens is 1. The standard InChI is InChI=1S/C21H27FN2O2S/c1-12(17-9-14-2-5-15(17)8-14)23-20(25)18-11-27-19(21(26)24-18)10-13-3-6-16(22)7-4-13/h3-4,6-7,12,14-15,17-19H,2,5,8-11H2,1H3,(H,23,25)(H,24,26)/t12-,14-,15-,17-,18-,19+/m0/s1. The van der Waals surface area contributed by atoms with E-state index in [0.29, 0.717) is 18.1 Å². The Morgan fingerprint density at radius 1 is 1.30 bits per heavy atom. The number of hydrogen-bond donors (Lipinski definition) is 2. The summed E-state index contributed by atoms with van der Waals surface area (Å²) in [6.45, 7) is 2.11. The van der Waals surface area contributed by atoms with Gasteiger partial charge < -0.3 is 10.6 Å². The van der Waals surface area contributed by atoms with E-state index in [-0.39, 0.29) is 28.9 Å². The molecule has 2 amide bonds. The first kappa shape index (κ1) is 18.8. The molecule has 27 heavy (non-hydrogen) atoms. The zero-order valence-electron chi connectivity index (χ0n) is 15.6. The molecule has 0 unspecified atom stereocenters. The van der Waals surface area contributed by atoms with Crippen LogP contribution >= 0.6 is 11.8 Å². The second kappa shape index (κ2) is 7.82. The van der Waals surface area contributed by atoms with Crippen molar-refractivity contribution in [2.45, 2.75) is 56.4 Å². The molecule has 1 saturated heterocycles. The van der Waals surface area contributed by atoms with E-state index in [4.69, 9.17) is 0 Å². The summed E-state index contributed by atoms with van der Waals surface area (Å²) in [7, 11) is 0. The van der Waals surface area contributed by atoms with Crippen LogP contribution in [0.3, 0.4) is 0 Å². The molecule has 2 bridgehead atoms. The van der Waals surface area contributed by atoms with Crippen molar-refractivity contribution in [2.24, 2.45) is 17.8 Å². The zero-order chi connectivity index (χ0) is 19.0. The fourth-order valence-corrected chi connectivity index (χ4v) is 6.25. The summed E-state index contributed by atoms with van der Waals surface area (Å²) in [5, 5.41) is 5.81. The molecule has 1 heterocycles. The highest BCUT2D eigenvalue weighted by Crippen LogP contribution is 2.49. The van der Waals surface area contributed by atoms with Crippen LogP contribution < -0.4 is 10.6 Å². The number of carbonyl (C=O) groups is 2. The summed E-state index contributed by atoms with van der Waals surface area (Å²) in [6, 6.07) is 5.94. The minimum absolute atomic E-state index is 0.0636. The molecule has 0 spiro atoms. The molecular weight excluding hydrogens is 363 g/mol. The summed E-state index contributed by atoms with van der Waals surface area (Å²) in [5.74, 6) is 2.34. The van der Waals surface area contributed by atoms with Gasteiger partial charge in [0, 0.05) is 11.8 Å². The second-order valence-electron chi connectivity index (χ2n) is 8.35. The van der Waals surface area contributed by atoms with Gasteiger partial charge in [-0.25, -0.2) is 4.39 Å². The minimum atomic E-state index is -0.465. The predicted molar refractivity (Wildman–Crippen MR) is 105 cm³/mol. The molecule has 1 aliphatic heterocycles. The molecule has 3 aliphatic rings. The van der Waals surface area contributed by atoms with E-state index < -0.39 is 6.04 Å². The number of benzene rings is 1. The lowest BCUT2D eigenvalue weighted by Crippen LogP contribution is -2.56. The average Bonchev–Trinajstić information content (AvgIpc) is 3.28. The van der Waals surface area contributed by atoms with Gasteiger partial charge in [0.25, 0.3) is 0 Å². The third-order valence-corrected chi connectivity index (χ3v) is 7.84. The number of hydrogen-bond acceptors (Lipinski definition) is 3. The van der Waals surface area contributed by atoms with Gasteiger partial charge in [-0.05, 0) is 68.1 Å². The highest BCUT2D eigenvalue weighted by Gasteiger charge is 2.42. The fourth-order valence-electron chi connectivity index (χ4n) is 5.06. The van der Waals surface area contributed by atoms with Gasteiger partial charge in [0.2, 0.25) is 11.8 Å². The van der Waals surface area contributed by atoms with E-state index in [9.17, 15) is 14.0 Å². The molecule has 2 saturated carbocycles. The Kier molecular flexibility index (Phi) is 5.44. The Balaban J connectivity index is 1.28. The van der Waals surface area contributed by atoms with Crippen molar-refractivity contribution in [1.29, 1.82) is 0 Å². The maximum Gasteiger partial charge on any atom is 0.243 e. The van der Waals surface area contributed by atoms with Gasteiger partial charge in [0.05, 0.1) is 5.25 Å². The lowest BCUT2D eigenvalue weighted by atomic mass is 9.84. The van der Waals surface area contributed by atoms with Crippen LogP contribution in [0.5, 0.6) is 0 Å². The Morgan fingerprint density at radius 3 is 2.70 bits per heavy atom. The van der Waals surface area contributed by atoms with Gasteiger partial charge >= 0.3 is 0 Å². The molecule has 6 heteroatoms. The first-order valence-electron chi connectivity index (χ1n) is 9.96. The molecule has 2 aliphatic carbocycles. The third-order valence-electron chi connectivity index (χ3n) is 6.53. The monoisotopic (exact) mass is 390 g/mol. The second-order valence-corrected chi connectivity index (χ2v) is 9.59. The molecule has 2 N–H and O–H groups in total. The largest absolute Gasteiger partial charge is 0.352 e. The van der Waals surface area contributed by atoms with Crippen LogP contribution in [0.4, 0.5) is 4.39 Å². The maximum atomic E-state index is 13.0. The molecule has 0 radical (unpaired) electrons. The lowest BCUT2D eigenvalue weighted by Gasteiger charge is -2.32. The quantitative estimate of drug-likeness (QED) is 0.813. The summed E-state index contributed by atoms with van der Waals surface area (Å²) >= 11 is 1.51. The van der Waals surface area contributed by atoms with E-state index in [0.717, 1.165) is 17.4 Å². The normalized spacial score (nSPS) is 33.6. The molecule has 4 rings (SSSR count). The van der Waals surface area contributed by atoms with E-state index in [1.54, 1.807) is 12.1 Å². The van der Waals surface area contributed by atoms with Gasteiger partial charge in [0.1, 0.15) is 11.9 Å². The Bertz CT molecular complexity index is 711. The number of amides is 2. The third kappa shape index (κ3) is 4.15. The molecule has 146 valence electrons. The van der Waals surface area contributed by atoms with Gasteiger partial charge in [-0.2, -0.15) is 0 Å². The van der Waals surface area contributed by atoms with Crippen LogP contribution in [0.25, 0.3) is 0 Å². The number of carbonyl (C=O) groups excluding carboxylic acids is 2. The van der Waals surface area contributed by atoms with E-state index in [1.807, 2.05) is 0 Å². The van der Waals surface area contributed by atoms with Crippen molar-refractivity contribution >= 4 is 23.6 Å². The molecule has 0 aromatic heterocycles. The van der Waals surface area contributed by atoms with Crippen LogP contribution in [-0.4, -0.2) is 34.9 Å². The van der Waals surface area contributed by atoms with Gasteiger partial charge in [0.15, 0.2) is 0 Å². The summed E-state index contributed by atoms with van der Waals surface area (Å²) in [4.78, 5) is 25.1. The minimum Gasteiger partial charge on any atom is -0.352 e. The summed E-state index contributed by atoms with van der Waals surface area (Å²) in [6.07, 6.45) is 5.76. The Labute approximate surface area is 164 Å². The van der Waals surface area contributed by atoms with Crippen molar-refractivity contribution in [1.82, 2.24) is 10.6 Å². The fraction of sp³-hybridized carbons (Fsp3) is 0.619. The number of fused-ring (bicyclic) bond motifs is 2. The summed E-state index contributed by atoms with van der Waals surface area (Å²) < 4.78 is 13.0. The van der Waals surface area contributed by atoms with Crippen LogP contribution in [0, 0.1) is 23.6 Å². The average molecular weight is 391 g/mol. The smallest absolute Gasteiger partial charge is 0.243 e. The number of nitrogens with one attached hydrogen (secondary N) is 2. The highest BCUT2D eigenvalue weighted by atomic mass is 32.2. The van der Waals surface area contributed by atoms with Crippen molar-refractivity contribution in [2.75, 3.05) is 5.75 Å². The van der Waals surface area contributed by atoms with E-state index in [1.165, 1.54) is 49.6 Å². The van der Waals surface area contributed by atoms with Crippen molar-refractivity contribution in [3.05, 3.63) is 35.6 Å². The van der Waals surface area contributed by atoms with Crippen LogP contribution in [0.2, 0.25) is 0 Å².